The van der Waals surface area contributed by atoms with Crippen LogP contribution in [0.2, 0.25) is 5.02 Å². The van der Waals surface area contributed by atoms with Crippen LogP contribution in [0.3, 0.4) is 0 Å². The number of para-hydroxylation sites is 2. The molecule has 1 aromatic heterocycles. The SMILES string of the molecule is CC(NC(=O)COc1ccc(Cl)cc1)c1nc2ccccc2n1CCCOc1ccc(C(C)(C)C)cc1. The van der Waals surface area contributed by atoms with Crippen molar-refractivity contribution < 1.29 is 14.3 Å². The average Bonchev–Trinajstić information content (AvgIpc) is 3.25. The van der Waals surface area contributed by atoms with E-state index in [1.807, 2.05) is 37.3 Å². The highest BCUT2D eigenvalue weighted by molar-refractivity contribution is 6.30. The summed E-state index contributed by atoms with van der Waals surface area (Å²) < 4.78 is 13.7. The number of halogens is 1. The number of ether oxygens (including phenoxy) is 2. The van der Waals surface area contributed by atoms with Crippen LogP contribution in [0.1, 0.15) is 51.5 Å². The molecule has 0 fully saturated rings. The van der Waals surface area contributed by atoms with Crippen LogP contribution in [0.25, 0.3) is 11.0 Å². The Morgan fingerprint density at radius 3 is 2.32 bits per heavy atom. The topological polar surface area (TPSA) is 65.4 Å². The third-order valence-electron chi connectivity index (χ3n) is 6.15. The minimum atomic E-state index is -0.292. The first-order chi connectivity index (χ1) is 17.7. The quantitative estimate of drug-likeness (QED) is 0.236. The highest BCUT2D eigenvalue weighted by Crippen LogP contribution is 2.25. The molecule has 0 aliphatic heterocycles. The van der Waals surface area contributed by atoms with Gasteiger partial charge in [0.1, 0.15) is 17.3 Å². The Labute approximate surface area is 223 Å². The van der Waals surface area contributed by atoms with Gasteiger partial charge in [0.05, 0.1) is 23.7 Å². The monoisotopic (exact) mass is 519 g/mol. The van der Waals surface area contributed by atoms with Gasteiger partial charge in [-0.25, -0.2) is 4.98 Å². The number of aromatic nitrogens is 2. The zero-order chi connectivity index (χ0) is 26.4. The summed E-state index contributed by atoms with van der Waals surface area (Å²) in [6.45, 7) is 9.75. The lowest BCUT2D eigenvalue weighted by molar-refractivity contribution is -0.123. The molecule has 7 heteroatoms. The van der Waals surface area contributed by atoms with E-state index in [2.05, 4.69) is 48.9 Å². The van der Waals surface area contributed by atoms with Crippen molar-refractivity contribution in [2.45, 2.75) is 52.1 Å². The zero-order valence-electron chi connectivity index (χ0n) is 21.8. The fourth-order valence-electron chi connectivity index (χ4n) is 4.15. The Hall–Kier alpha value is -3.51. The van der Waals surface area contributed by atoms with Gasteiger partial charge in [0, 0.05) is 11.6 Å². The van der Waals surface area contributed by atoms with Crippen LogP contribution in [0, 0.1) is 0 Å². The van der Waals surface area contributed by atoms with Gasteiger partial charge in [-0.2, -0.15) is 0 Å². The Kier molecular flexibility index (Phi) is 8.39. The minimum absolute atomic E-state index is 0.0892. The fraction of sp³-hybridized carbons (Fsp3) is 0.333. The van der Waals surface area contributed by atoms with Gasteiger partial charge in [-0.3, -0.25) is 4.79 Å². The summed E-state index contributed by atoms with van der Waals surface area (Å²) in [5, 5.41) is 3.63. The third-order valence-corrected chi connectivity index (χ3v) is 6.40. The normalized spacial score (nSPS) is 12.4. The molecule has 1 atom stereocenters. The molecule has 1 amide bonds. The van der Waals surface area contributed by atoms with Crippen LogP contribution in [-0.4, -0.2) is 28.7 Å². The molecule has 4 aromatic rings. The van der Waals surface area contributed by atoms with Crippen LogP contribution in [-0.2, 0) is 16.8 Å². The summed E-state index contributed by atoms with van der Waals surface area (Å²) in [6, 6.07) is 22.9. The molecule has 0 saturated carbocycles. The molecule has 0 bridgehead atoms. The molecular formula is C30H34ClN3O3. The van der Waals surface area contributed by atoms with Crippen molar-refractivity contribution in [1.82, 2.24) is 14.9 Å². The van der Waals surface area contributed by atoms with Crippen molar-refractivity contribution in [3.63, 3.8) is 0 Å². The number of benzene rings is 3. The van der Waals surface area contributed by atoms with Crippen LogP contribution < -0.4 is 14.8 Å². The molecule has 4 rings (SSSR count). The second kappa shape index (κ2) is 11.7. The van der Waals surface area contributed by atoms with Crippen LogP contribution in [0.15, 0.2) is 72.8 Å². The van der Waals surface area contributed by atoms with E-state index in [1.54, 1.807) is 24.3 Å². The number of carbonyl (C=O) groups is 1. The first-order valence-corrected chi connectivity index (χ1v) is 12.9. The van der Waals surface area contributed by atoms with Gasteiger partial charge < -0.3 is 19.4 Å². The van der Waals surface area contributed by atoms with Gasteiger partial charge >= 0.3 is 0 Å². The second-order valence-electron chi connectivity index (χ2n) is 10.1. The number of nitrogens with zero attached hydrogens (tertiary/aromatic N) is 2. The molecule has 37 heavy (non-hydrogen) atoms. The minimum Gasteiger partial charge on any atom is -0.494 e. The van der Waals surface area contributed by atoms with Crippen LogP contribution in [0.4, 0.5) is 0 Å². The van der Waals surface area contributed by atoms with E-state index in [4.69, 9.17) is 26.1 Å². The predicted octanol–water partition coefficient (Wildman–Crippen LogP) is 6.71. The summed E-state index contributed by atoms with van der Waals surface area (Å²) in [7, 11) is 0. The Morgan fingerprint density at radius 1 is 0.973 bits per heavy atom. The maximum Gasteiger partial charge on any atom is 0.258 e. The second-order valence-corrected chi connectivity index (χ2v) is 10.6. The molecule has 0 aliphatic rings. The van der Waals surface area contributed by atoms with Crippen molar-refractivity contribution in [3.05, 3.63) is 89.2 Å². The van der Waals surface area contributed by atoms with E-state index in [0.29, 0.717) is 17.4 Å². The molecule has 6 nitrogen and oxygen atoms in total. The molecule has 1 unspecified atom stereocenters. The van der Waals surface area contributed by atoms with E-state index in [1.165, 1.54) is 5.56 Å². The maximum absolute atomic E-state index is 12.6. The summed E-state index contributed by atoms with van der Waals surface area (Å²) in [5.74, 6) is 2.04. The maximum atomic E-state index is 12.6. The van der Waals surface area contributed by atoms with Crippen molar-refractivity contribution in [2.75, 3.05) is 13.2 Å². The highest BCUT2D eigenvalue weighted by atomic mass is 35.5. The number of imidazole rings is 1. The van der Waals surface area contributed by atoms with Crippen molar-refractivity contribution >= 4 is 28.5 Å². The molecule has 0 aliphatic carbocycles. The van der Waals surface area contributed by atoms with Gasteiger partial charge in [0.25, 0.3) is 5.91 Å². The molecular weight excluding hydrogens is 486 g/mol. The number of hydrogen-bond donors (Lipinski definition) is 1. The first-order valence-electron chi connectivity index (χ1n) is 12.6. The molecule has 0 radical (unpaired) electrons. The van der Waals surface area contributed by atoms with E-state index < -0.39 is 0 Å². The van der Waals surface area contributed by atoms with E-state index in [-0.39, 0.29) is 24.0 Å². The summed E-state index contributed by atoms with van der Waals surface area (Å²) >= 11 is 5.90. The van der Waals surface area contributed by atoms with Crippen LogP contribution in [0.5, 0.6) is 11.5 Å². The van der Waals surface area contributed by atoms with Crippen molar-refractivity contribution in [2.24, 2.45) is 0 Å². The Balaban J connectivity index is 1.36. The molecule has 1 heterocycles. The lowest BCUT2D eigenvalue weighted by atomic mass is 9.87. The zero-order valence-corrected chi connectivity index (χ0v) is 22.6. The fourth-order valence-corrected chi connectivity index (χ4v) is 4.28. The number of carbonyl (C=O) groups excluding carboxylic acids is 1. The molecule has 3 aromatic carbocycles. The van der Waals surface area contributed by atoms with E-state index in [0.717, 1.165) is 35.6 Å². The third kappa shape index (κ3) is 7.04. The Bertz CT molecular complexity index is 1330. The average molecular weight is 520 g/mol. The van der Waals surface area contributed by atoms with Gasteiger partial charge in [0.2, 0.25) is 0 Å². The summed E-state index contributed by atoms with van der Waals surface area (Å²) in [6.07, 6.45) is 0.800. The smallest absolute Gasteiger partial charge is 0.258 e. The number of amides is 1. The summed E-state index contributed by atoms with van der Waals surface area (Å²) in [4.78, 5) is 17.4. The molecule has 1 N–H and O–H groups in total. The number of aryl methyl sites for hydroxylation is 1. The molecule has 0 saturated heterocycles. The highest BCUT2D eigenvalue weighted by Gasteiger charge is 2.19. The van der Waals surface area contributed by atoms with Gasteiger partial charge in [-0.15, -0.1) is 0 Å². The van der Waals surface area contributed by atoms with Gasteiger partial charge in [0.15, 0.2) is 6.61 Å². The molecule has 194 valence electrons. The lowest BCUT2D eigenvalue weighted by Gasteiger charge is -2.19. The standard InChI is InChI=1S/C30H34ClN3O3/c1-21(32-28(35)20-37-25-16-12-23(31)13-17-25)29-33-26-8-5-6-9-27(26)34(29)18-7-19-36-24-14-10-22(11-15-24)30(2,3)4/h5-6,8-17,21H,7,18-20H2,1-4H3,(H,32,35). The van der Waals surface area contributed by atoms with Gasteiger partial charge in [-0.05, 0) is 72.9 Å². The first kappa shape index (κ1) is 26.6. The number of nitrogens with one attached hydrogen (secondary N) is 1. The predicted molar refractivity (Wildman–Crippen MR) is 148 cm³/mol. The van der Waals surface area contributed by atoms with E-state index in [9.17, 15) is 4.79 Å². The number of fused-ring (bicyclic) bond motifs is 1. The van der Waals surface area contributed by atoms with Crippen molar-refractivity contribution in [3.8, 4) is 11.5 Å². The molecule has 0 spiro atoms. The lowest BCUT2D eigenvalue weighted by Crippen LogP contribution is -2.32. The largest absolute Gasteiger partial charge is 0.494 e. The number of rotatable bonds is 10. The number of hydrogen-bond acceptors (Lipinski definition) is 4. The summed E-state index contributed by atoms with van der Waals surface area (Å²) in [5.41, 5.74) is 3.33. The van der Waals surface area contributed by atoms with Gasteiger partial charge in [-0.1, -0.05) is 56.6 Å². The van der Waals surface area contributed by atoms with Crippen molar-refractivity contribution in [1.29, 1.82) is 0 Å². The van der Waals surface area contributed by atoms with Crippen LogP contribution >= 0.6 is 11.6 Å². The van der Waals surface area contributed by atoms with E-state index >= 15 is 0 Å². The Morgan fingerprint density at radius 2 is 1.62 bits per heavy atom.